The van der Waals surface area contributed by atoms with Crippen LogP contribution in [0, 0.1) is 13.8 Å². The van der Waals surface area contributed by atoms with Crippen LogP contribution in [0.5, 0.6) is 0 Å². The number of hydrogen-bond acceptors (Lipinski definition) is 3. The number of likely N-dealkylation sites (N-methyl/N-ethyl adjacent to an activating group) is 1. The molecular weight excluding hydrogens is 202 g/mol. The molecule has 0 aromatic heterocycles. The molecule has 16 heavy (non-hydrogen) atoms. The van der Waals surface area contributed by atoms with Crippen molar-refractivity contribution in [3.63, 3.8) is 0 Å². The van der Waals surface area contributed by atoms with Gasteiger partial charge in [-0.3, -0.25) is 0 Å². The summed E-state index contributed by atoms with van der Waals surface area (Å²) in [7, 11) is 2.05. The Bertz CT molecular complexity index is 305. The van der Waals surface area contributed by atoms with E-state index in [2.05, 4.69) is 44.0 Å². The number of ether oxygens (including phenoxy) is 1. The zero-order valence-corrected chi connectivity index (χ0v) is 10.4. The Hall–Kier alpha value is -1.06. The second-order valence-electron chi connectivity index (χ2n) is 4.10. The van der Waals surface area contributed by atoms with Gasteiger partial charge < -0.3 is 14.7 Å². The predicted octanol–water partition coefficient (Wildman–Crippen LogP) is 1.75. The molecule has 90 valence electrons. The molecule has 3 heteroatoms. The summed E-state index contributed by atoms with van der Waals surface area (Å²) in [4.78, 5) is 2.16. The first-order valence-corrected chi connectivity index (χ1v) is 5.61. The molecule has 1 rings (SSSR count). The smallest absolute Gasteiger partial charge is 0.0698 e. The molecule has 0 spiro atoms. The minimum Gasteiger partial charge on any atom is -0.394 e. The Morgan fingerprint density at radius 1 is 1.12 bits per heavy atom. The molecule has 0 heterocycles. The standard InChI is InChI=1S/C13H21NO2/c1-11-8-12(2)10-13(9-11)14(3)4-6-16-7-5-15/h8-10,15H,4-7H2,1-3H3. The Morgan fingerprint density at radius 2 is 1.75 bits per heavy atom. The lowest BCUT2D eigenvalue weighted by atomic mass is 10.1. The lowest BCUT2D eigenvalue weighted by Gasteiger charge is -2.20. The predicted molar refractivity (Wildman–Crippen MR) is 67.1 cm³/mol. The van der Waals surface area contributed by atoms with Gasteiger partial charge in [0.2, 0.25) is 0 Å². The van der Waals surface area contributed by atoms with Gasteiger partial charge in [0, 0.05) is 19.3 Å². The Balaban J connectivity index is 2.48. The molecule has 0 aliphatic carbocycles. The van der Waals surface area contributed by atoms with Crippen LogP contribution in [-0.2, 0) is 4.74 Å². The maximum Gasteiger partial charge on any atom is 0.0698 e. The number of aliphatic hydroxyl groups is 1. The molecule has 0 unspecified atom stereocenters. The van der Waals surface area contributed by atoms with Crippen LogP contribution in [0.3, 0.4) is 0 Å². The van der Waals surface area contributed by atoms with E-state index in [1.807, 2.05) is 0 Å². The van der Waals surface area contributed by atoms with Gasteiger partial charge in [-0.15, -0.1) is 0 Å². The second-order valence-corrected chi connectivity index (χ2v) is 4.10. The van der Waals surface area contributed by atoms with E-state index in [4.69, 9.17) is 9.84 Å². The number of rotatable bonds is 6. The summed E-state index contributed by atoms with van der Waals surface area (Å²) in [5.74, 6) is 0. The van der Waals surface area contributed by atoms with E-state index >= 15 is 0 Å². The summed E-state index contributed by atoms with van der Waals surface area (Å²) in [5, 5.41) is 8.58. The fourth-order valence-electron chi connectivity index (χ4n) is 1.67. The van der Waals surface area contributed by atoms with Gasteiger partial charge in [0.25, 0.3) is 0 Å². The van der Waals surface area contributed by atoms with Gasteiger partial charge in [-0.05, 0) is 37.1 Å². The molecule has 0 amide bonds. The van der Waals surface area contributed by atoms with Crippen LogP contribution in [0.25, 0.3) is 0 Å². The first-order valence-electron chi connectivity index (χ1n) is 5.61. The number of nitrogens with zero attached hydrogens (tertiary/aromatic N) is 1. The van der Waals surface area contributed by atoms with E-state index < -0.39 is 0 Å². The minimum atomic E-state index is 0.0905. The van der Waals surface area contributed by atoms with Crippen LogP contribution < -0.4 is 4.90 Å². The van der Waals surface area contributed by atoms with Crippen molar-refractivity contribution in [3.05, 3.63) is 29.3 Å². The first kappa shape index (κ1) is 13.0. The van der Waals surface area contributed by atoms with Crippen LogP contribution in [-0.4, -0.2) is 38.5 Å². The Kier molecular flexibility index (Phi) is 5.29. The van der Waals surface area contributed by atoms with Gasteiger partial charge in [0.05, 0.1) is 19.8 Å². The fourth-order valence-corrected chi connectivity index (χ4v) is 1.67. The SMILES string of the molecule is Cc1cc(C)cc(N(C)CCOCCO)c1. The molecule has 0 fully saturated rings. The van der Waals surface area contributed by atoms with Crippen molar-refractivity contribution in [2.75, 3.05) is 38.3 Å². The molecular formula is C13H21NO2. The van der Waals surface area contributed by atoms with Crippen molar-refractivity contribution in [1.82, 2.24) is 0 Å². The van der Waals surface area contributed by atoms with E-state index in [0.29, 0.717) is 13.2 Å². The van der Waals surface area contributed by atoms with Crippen LogP contribution in [0.4, 0.5) is 5.69 Å². The zero-order valence-electron chi connectivity index (χ0n) is 10.4. The maximum atomic E-state index is 8.58. The highest BCUT2D eigenvalue weighted by atomic mass is 16.5. The molecule has 0 aliphatic rings. The molecule has 0 bridgehead atoms. The first-order chi connectivity index (χ1) is 7.63. The summed E-state index contributed by atoms with van der Waals surface area (Å²) >= 11 is 0. The Labute approximate surface area is 97.7 Å². The van der Waals surface area contributed by atoms with Crippen molar-refractivity contribution in [1.29, 1.82) is 0 Å². The van der Waals surface area contributed by atoms with E-state index in [1.165, 1.54) is 16.8 Å². The monoisotopic (exact) mass is 223 g/mol. The average molecular weight is 223 g/mol. The number of benzene rings is 1. The Morgan fingerprint density at radius 3 is 2.31 bits per heavy atom. The topological polar surface area (TPSA) is 32.7 Å². The van der Waals surface area contributed by atoms with Gasteiger partial charge in [0.15, 0.2) is 0 Å². The highest BCUT2D eigenvalue weighted by molar-refractivity contribution is 5.50. The molecule has 0 radical (unpaired) electrons. The van der Waals surface area contributed by atoms with Gasteiger partial charge in [-0.25, -0.2) is 0 Å². The van der Waals surface area contributed by atoms with Crippen molar-refractivity contribution in [2.24, 2.45) is 0 Å². The molecule has 0 aliphatic heterocycles. The molecule has 0 saturated carbocycles. The summed E-state index contributed by atoms with van der Waals surface area (Å²) in [5.41, 5.74) is 3.77. The number of anilines is 1. The van der Waals surface area contributed by atoms with Crippen molar-refractivity contribution < 1.29 is 9.84 Å². The third kappa shape index (κ3) is 4.21. The van der Waals surface area contributed by atoms with E-state index in [0.717, 1.165) is 6.54 Å². The number of aliphatic hydroxyl groups excluding tert-OH is 1. The quantitative estimate of drug-likeness (QED) is 0.746. The lowest BCUT2D eigenvalue weighted by Crippen LogP contribution is -2.23. The fraction of sp³-hybridized carbons (Fsp3) is 0.538. The van der Waals surface area contributed by atoms with Crippen LogP contribution in [0.2, 0.25) is 0 Å². The van der Waals surface area contributed by atoms with E-state index in [-0.39, 0.29) is 6.61 Å². The summed E-state index contributed by atoms with van der Waals surface area (Å²) in [6.45, 7) is 6.19. The van der Waals surface area contributed by atoms with Crippen molar-refractivity contribution in [2.45, 2.75) is 13.8 Å². The normalized spacial score (nSPS) is 10.5. The third-order valence-electron chi connectivity index (χ3n) is 2.45. The number of hydrogen-bond donors (Lipinski definition) is 1. The van der Waals surface area contributed by atoms with Crippen LogP contribution >= 0.6 is 0 Å². The van der Waals surface area contributed by atoms with Crippen LogP contribution in [0.1, 0.15) is 11.1 Å². The third-order valence-corrected chi connectivity index (χ3v) is 2.45. The van der Waals surface area contributed by atoms with Gasteiger partial charge in [0.1, 0.15) is 0 Å². The minimum absolute atomic E-state index is 0.0905. The van der Waals surface area contributed by atoms with Crippen molar-refractivity contribution >= 4 is 5.69 Å². The summed E-state index contributed by atoms with van der Waals surface area (Å²) in [6.07, 6.45) is 0. The second kappa shape index (κ2) is 6.51. The van der Waals surface area contributed by atoms with E-state index in [1.54, 1.807) is 0 Å². The van der Waals surface area contributed by atoms with Crippen LogP contribution in [0.15, 0.2) is 18.2 Å². The summed E-state index contributed by atoms with van der Waals surface area (Å²) < 4.78 is 5.24. The van der Waals surface area contributed by atoms with Crippen molar-refractivity contribution in [3.8, 4) is 0 Å². The van der Waals surface area contributed by atoms with Gasteiger partial charge in [-0.1, -0.05) is 6.07 Å². The average Bonchev–Trinajstić information content (AvgIpc) is 2.22. The largest absolute Gasteiger partial charge is 0.394 e. The number of aryl methyl sites for hydroxylation is 2. The molecule has 1 N–H and O–H groups in total. The van der Waals surface area contributed by atoms with Gasteiger partial charge in [-0.2, -0.15) is 0 Å². The van der Waals surface area contributed by atoms with Gasteiger partial charge >= 0.3 is 0 Å². The summed E-state index contributed by atoms with van der Waals surface area (Å²) in [6, 6.07) is 6.50. The molecule has 0 atom stereocenters. The highest BCUT2D eigenvalue weighted by Gasteiger charge is 2.02. The maximum absolute atomic E-state index is 8.58. The highest BCUT2D eigenvalue weighted by Crippen LogP contribution is 2.17. The van der Waals surface area contributed by atoms with E-state index in [9.17, 15) is 0 Å². The molecule has 1 aromatic rings. The zero-order chi connectivity index (χ0) is 12.0. The molecule has 0 saturated heterocycles. The lowest BCUT2D eigenvalue weighted by molar-refractivity contribution is 0.0971. The molecule has 3 nitrogen and oxygen atoms in total. The molecule has 1 aromatic carbocycles.